The van der Waals surface area contributed by atoms with E-state index in [1.54, 1.807) is 0 Å². The largest absolute Gasteiger partial charge is 0.395 e. The van der Waals surface area contributed by atoms with Crippen molar-refractivity contribution in [2.24, 2.45) is 11.7 Å². The SMILES string of the molecule is CC(C)CCCC(N)CO. The summed E-state index contributed by atoms with van der Waals surface area (Å²) in [5, 5.41) is 8.58. The summed E-state index contributed by atoms with van der Waals surface area (Å²) >= 11 is 0. The molecule has 0 aromatic rings. The molecule has 1 unspecified atom stereocenters. The van der Waals surface area contributed by atoms with Gasteiger partial charge in [0.25, 0.3) is 0 Å². The molecular formula is C8H19NO. The predicted octanol–water partition coefficient (Wildman–Crippen LogP) is 1.13. The summed E-state index contributed by atoms with van der Waals surface area (Å²) in [6.45, 7) is 4.52. The van der Waals surface area contributed by atoms with Crippen LogP contribution in [0.25, 0.3) is 0 Å². The van der Waals surface area contributed by atoms with Gasteiger partial charge in [-0.1, -0.05) is 26.7 Å². The minimum absolute atomic E-state index is 0.00116. The molecule has 0 heterocycles. The maximum absolute atomic E-state index is 8.58. The summed E-state index contributed by atoms with van der Waals surface area (Å²) < 4.78 is 0. The van der Waals surface area contributed by atoms with Crippen LogP contribution in [0.15, 0.2) is 0 Å². The van der Waals surface area contributed by atoms with Crippen LogP contribution < -0.4 is 5.73 Å². The smallest absolute Gasteiger partial charge is 0.0582 e. The van der Waals surface area contributed by atoms with Crippen molar-refractivity contribution in [3.63, 3.8) is 0 Å². The molecule has 0 aliphatic carbocycles. The van der Waals surface area contributed by atoms with E-state index in [0.29, 0.717) is 0 Å². The molecule has 0 aromatic carbocycles. The highest BCUT2D eigenvalue weighted by molar-refractivity contribution is 4.58. The molecule has 0 amide bonds. The zero-order valence-electron chi connectivity index (χ0n) is 7.01. The van der Waals surface area contributed by atoms with Crippen LogP contribution in [0.5, 0.6) is 0 Å². The monoisotopic (exact) mass is 145 g/mol. The maximum atomic E-state index is 8.58. The van der Waals surface area contributed by atoms with Gasteiger partial charge < -0.3 is 10.8 Å². The Balaban J connectivity index is 3.03. The van der Waals surface area contributed by atoms with E-state index in [1.807, 2.05) is 0 Å². The van der Waals surface area contributed by atoms with Gasteiger partial charge in [0, 0.05) is 6.04 Å². The Morgan fingerprint density at radius 1 is 1.30 bits per heavy atom. The van der Waals surface area contributed by atoms with Crippen LogP contribution >= 0.6 is 0 Å². The van der Waals surface area contributed by atoms with Crippen LogP contribution in [0.2, 0.25) is 0 Å². The molecule has 10 heavy (non-hydrogen) atoms. The molecule has 0 bridgehead atoms. The van der Waals surface area contributed by atoms with Gasteiger partial charge in [-0.25, -0.2) is 0 Å². The summed E-state index contributed by atoms with van der Waals surface area (Å²) in [4.78, 5) is 0. The minimum atomic E-state index is -0.00116. The number of aliphatic hydroxyl groups is 1. The standard InChI is InChI=1S/C8H19NO/c1-7(2)4-3-5-8(9)6-10/h7-8,10H,3-6,9H2,1-2H3. The van der Waals surface area contributed by atoms with Crippen molar-refractivity contribution in [3.05, 3.63) is 0 Å². The Hall–Kier alpha value is -0.0800. The van der Waals surface area contributed by atoms with Crippen molar-refractivity contribution < 1.29 is 5.11 Å². The summed E-state index contributed by atoms with van der Waals surface area (Å²) in [6.07, 6.45) is 3.31. The fourth-order valence-electron chi connectivity index (χ4n) is 0.880. The van der Waals surface area contributed by atoms with E-state index in [9.17, 15) is 0 Å². The molecule has 3 N–H and O–H groups in total. The molecule has 0 saturated heterocycles. The molecule has 0 fully saturated rings. The Labute approximate surface area is 63.4 Å². The van der Waals surface area contributed by atoms with Gasteiger partial charge in [-0.05, 0) is 12.3 Å². The van der Waals surface area contributed by atoms with Crippen LogP contribution in [0.4, 0.5) is 0 Å². The first-order chi connectivity index (χ1) is 4.66. The van der Waals surface area contributed by atoms with Gasteiger partial charge in [0.15, 0.2) is 0 Å². The van der Waals surface area contributed by atoms with E-state index in [4.69, 9.17) is 10.8 Å². The van der Waals surface area contributed by atoms with Crippen LogP contribution in [0, 0.1) is 5.92 Å². The van der Waals surface area contributed by atoms with E-state index in [1.165, 1.54) is 6.42 Å². The topological polar surface area (TPSA) is 46.2 Å². The quantitative estimate of drug-likeness (QED) is 0.609. The predicted molar refractivity (Wildman–Crippen MR) is 43.8 cm³/mol. The van der Waals surface area contributed by atoms with E-state index >= 15 is 0 Å². The number of rotatable bonds is 5. The third-order valence-corrected chi connectivity index (χ3v) is 1.59. The molecular weight excluding hydrogens is 126 g/mol. The molecule has 0 radical (unpaired) electrons. The van der Waals surface area contributed by atoms with E-state index in [0.717, 1.165) is 18.8 Å². The Morgan fingerprint density at radius 3 is 2.30 bits per heavy atom. The molecule has 0 aromatic heterocycles. The highest BCUT2D eigenvalue weighted by Gasteiger charge is 2.00. The van der Waals surface area contributed by atoms with Gasteiger partial charge in [0.05, 0.1) is 6.61 Å². The lowest BCUT2D eigenvalue weighted by molar-refractivity contribution is 0.256. The first-order valence-corrected chi connectivity index (χ1v) is 4.03. The fourth-order valence-corrected chi connectivity index (χ4v) is 0.880. The van der Waals surface area contributed by atoms with Gasteiger partial charge in [-0.15, -0.1) is 0 Å². The second-order valence-corrected chi connectivity index (χ2v) is 3.27. The highest BCUT2D eigenvalue weighted by atomic mass is 16.3. The van der Waals surface area contributed by atoms with Gasteiger partial charge in [0.2, 0.25) is 0 Å². The lowest BCUT2D eigenvalue weighted by atomic mass is 10.0. The van der Waals surface area contributed by atoms with Crippen molar-refractivity contribution in [3.8, 4) is 0 Å². The molecule has 0 spiro atoms. The average molecular weight is 145 g/mol. The van der Waals surface area contributed by atoms with Crippen LogP contribution in [-0.4, -0.2) is 17.8 Å². The van der Waals surface area contributed by atoms with Crippen LogP contribution in [0.1, 0.15) is 33.1 Å². The highest BCUT2D eigenvalue weighted by Crippen LogP contribution is 2.06. The van der Waals surface area contributed by atoms with Gasteiger partial charge in [0.1, 0.15) is 0 Å². The Bertz CT molecular complexity index is 73.7. The van der Waals surface area contributed by atoms with Gasteiger partial charge >= 0.3 is 0 Å². The summed E-state index contributed by atoms with van der Waals surface area (Å²) in [6, 6.07) is -0.00116. The first kappa shape index (κ1) is 9.92. The summed E-state index contributed by atoms with van der Waals surface area (Å²) in [5.41, 5.74) is 5.51. The number of aliphatic hydroxyl groups excluding tert-OH is 1. The lowest BCUT2D eigenvalue weighted by Crippen LogP contribution is -2.23. The molecule has 2 heteroatoms. The Morgan fingerprint density at radius 2 is 1.90 bits per heavy atom. The third kappa shape index (κ3) is 6.05. The molecule has 2 nitrogen and oxygen atoms in total. The average Bonchev–Trinajstić information content (AvgIpc) is 1.87. The van der Waals surface area contributed by atoms with Crippen molar-refractivity contribution in [1.82, 2.24) is 0 Å². The van der Waals surface area contributed by atoms with E-state index in [-0.39, 0.29) is 12.6 Å². The molecule has 0 saturated carbocycles. The van der Waals surface area contributed by atoms with Gasteiger partial charge in [-0.2, -0.15) is 0 Å². The summed E-state index contributed by atoms with van der Waals surface area (Å²) in [7, 11) is 0. The van der Waals surface area contributed by atoms with Crippen LogP contribution in [-0.2, 0) is 0 Å². The second-order valence-electron chi connectivity index (χ2n) is 3.27. The fraction of sp³-hybridized carbons (Fsp3) is 1.00. The second kappa shape index (κ2) is 5.69. The van der Waals surface area contributed by atoms with Crippen LogP contribution in [0.3, 0.4) is 0 Å². The molecule has 1 atom stereocenters. The summed E-state index contributed by atoms with van der Waals surface area (Å²) in [5.74, 6) is 0.755. The third-order valence-electron chi connectivity index (χ3n) is 1.59. The van der Waals surface area contributed by atoms with Crippen molar-refractivity contribution in [2.75, 3.05) is 6.61 Å². The van der Waals surface area contributed by atoms with E-state index in [2.05, 4.69) is 13.8 Å². The lowest BCUT2D eigenvalue weighted by Gasteiger charge is -2.08. The normalized spacial score (nSPS) is 14.1. The Kier molecular flexibility index (Phi) is 5.64. The van der Waals surface area contributed by atoms with Gasteiger partial charge in [-0.3, -0.25) is 0 Å². The molecule has 0 aliphatic heterocycles. The number of nitrogens with two attached hydrogens (primary N) is 1. The maximum Gasteiger partial charge on any atom is 0.0582 e. The number of hydrogen-bond acceptors (Lipinski definition) is 2. The first-order valence-electron chi connectivity index (χ1n) is 4.03. The van der Waals surface area contributed by atoms with Crippen molar-refractivity contribution in [1.29, 1.82) is 0 Å². The van der Waals surface area contributed by atoms with Crippen molar-refractivity contribution >= 4 is 0 Å². The zero-order chi connectivity index (χ0) is 7.98. The van der Waals surface area contributed by atoms with E-state index < -0.39 is 0 Å². The number of hydrogen-bond donors (Lipinski definition) is 2. The molecule has 0 aliphatic rings. The molecule has 0 rings (SSSR count). The zero-order valence-corrected chi connectivity index (χ0v) is 7.01. The van der Waals surface area contributed by atoms with Crippen molar-refractivity contribution in [2.45, 2.75) is 39.2 Å². The minimum Gasteiger partial charge on any atom is -0.395 e. The molecule has 62 valence electrons.